The highest BCUT2D eigenvalue weighted by atomic mass is 16.3. The number of rotatable bonds is 4. The molecule has 0 radical (unpaired) electrons. The van der Waals surface area contributed by atoms with Gasteiger partial charge >= 0.3 is 0 Å². The minimum absolute atomic E-state index is 0.184. The summed E-state index contributed by atoms with van der Waals surface area (Å²) in [5, 5.41) is 23.0. The van der Waals surface area contributed by atoms with E-state index in [4.69, 9.17) is 5.73 Å². The highest BCUT2D eigenvalue weighted by molar-refractivity contribution is 5.65. The number of piperidine rings is 1. The Labute approximate surface area is 113 Å². The second-order valence-electron chi connectivity index (χ2n) is 5.06. The van der Waals surface area contributed by atoms with E-state index in [1.54, 1.807) is 4.68 Å². The Morgan fingerprint density at radius 1 is 1.58 bits per heavy atom. The second-order valence-corrected chi connectivity index (χ2v) is 5.06. The van der Waals surface area contributed by atoms with Crippen LogP contribution in [-0.2, 0) is 6.54 Å². The number of hydrogen-bond donors (Lipinski definition) is 2. The third-order valence-corrected chi connectivity index (χ3v) is 3.60. The molecule has 2 rings (SSSR count). The highest BCUT2D eigenvalue weighted by Gasteiger charge is 2.25. The van der Waals surface area contributed by atoms with Gasteiger partial charge in [-0.2, -0.15) is 10.4 Å². The van der Waals surface area contributed by atoms with Crippen LogP contribution in [0.5, 0.6) is 0 Å². The average molecular weight is 263 g/mol. The van der Waals surface area contributed by atoms with Crippen molar-refractivity contribution in [1.29, 1.82) is 5.26 Å². The maximum Gasteiger partial charge on any atom is 0.170 e. The van der Waals surface area contributed by atoms with Crippen LogP contribution >= 0.6 is 0 Å². The summed E-state index contributed by atoms with van der Waals surface area (Å²) in [5.41, 5.74) is 6.44. The van der Waals surface area contributed by atoms with E-state index in [1.807, 2.05) is 0 Å². The van der Waals surface area contributed by atoms with Crippen LogP contribution in [0.3, 0.4) is 0 Å². The van der Waals surface area contributed by atoms with Crippen molar-refractivity contribution in [2.24, 2.45) is 5.92 Å². The molecule has 0 spiro atoms. The van der Waals surface area contributed by atoms with Crippen molar-refractivity contribution in [2.45, 2.75) is 32.7 Å². The third-order valence-electron chi connectivity index (χ3n) is 3.60. The lowest BCUT2D eigenvalue weighted by Crippen LogP contribution is -2.37. The molecule has 1 aliphatic rings. The fourth-order valence-electron chi connectivity index (χ4n) is 2.58. The maximum atomic E-state index is 9.28. The van der Waals surface area contributed by atoms with Gasteiger partial charge in [0, 0.05) is 26.2 Å². The molecule has 6 heteroatoms. The van der Waals surface area contributed by atoms with Crippen LogP contribution in [0.2, 0.25) is 0 Å². The minimum Gasteiger partial charge on any atom is -0.396 e. The quantitative estimate of drug-likeness (QED) is 0.844. The molecule has 3 N–H and O–H groups in total. The van der Waals surface area contributed by atoms with Gasteiger partial charge in [0.2, 0.25) is 0 Å². The molecule has 1 saturated heterocycles. The van der Waals surface area contributed by atoms with Gasteiger partial charge in [-0.25, -0.2) is 4.68 Å². The van der Waals surface area contributed by atoms with E-state index in [2.05, 4.69) is 23.0 Å². The topological polar surface area (TPSA) is 91.1 Å². The summed E-state index contributed by atoms with van der Waals surface area (Å²) >= 11 is 0. The normalized spacial score (nSPS) is 19.4. The van der Waals surface area contributed by atoms with Gasteiger partial charge in [0.1, 0.15) is 17.5 Å². The van der Waals surface area contributed by atoms with E-state index in [0.29, 0.717) is 17.2 Å². The molecule has 19 heavy (non-hydrogen) atoms. The summed E-state index contributed by atoms with van der Waals surface area (Å²) < 4.78 is 1.70. The van der Waals surface area contributed by atoms with Crippen molar-refractivity contribution >= 4 is 11.6 Å². The molecule has 6 nitrogen and oxygen atoms in total. The first-order valence-corrected chi connectivity index (χ1v) is 6.83. The average Bonchev–Trinajstić information content (AvgIpc) is 2.76. The Hall–Kier alpha value is -1.74. The Balaban J connectivity index is 2.28. The summed E-state index contributed by atoms with van der Waals surface area (Å²) in [5.74, 6) is 1.38. The van der Waals surface area contributed by atoms with Gasteiger partial charge in [-0.1, -0.05) is 6.92 Å². The predicted molar refractivity (Wildman–Crippen MR) is 73.7 cm³/mol. The Morgan fingerprint density at radius 3 is 3.00 bits per heavy atom. The number of anilines is 2. The van der Waals surface area contributed by atoms with Gasteiger partial charge in [0.05, 0.1) is 0 Å². The van der Waals surface area contributed by atoms with Crippen molar-refractivity contribution in [2.75, 3.05) is 30.3 Å². The number of aromatic nitrogens is 2. The Morgan fingerprint density at radius 2 is 2.37 bits per heavy atom. The molecule has 1 fully saturated rings. The fraction of sp³-hybridized carbons (Fsp3) is 0.692. The summed E-state index contributed by atoms with van der Waals surface area (Å²) in [4.78, 5) is 2.07. The van der Waals surface area contributed by atoms with Crippen LogP contribution < -0.4 is 10.6 Å². The van der Waals surface area contributed by atoms with Gasteiger partial charge in [-0.3, -0.25) is 0 Å². The van der Waals surface area contributed by atoms with Crippen LogP contribution in [0.25, 0.3) is 0 Å². The van der Waals surface area contributed by atoms with Crippen LogP contribution in [0.4, 0.5) is 11.6 Å². The van der Waals surface area contributed by atoms with Gasteiger partial charge in [0.25, 0.3) is 0 Å². The fourth-order valence-corrected chi connectivity index (χ4v) is 2.58. The molecule has 1 aliphatic heterocycles. The van der Waals surface area contributed by atoms with Crippen molar-refractivity contribution in [1.82, 2.24) is 9.78 Å². The van der Waals surface area contributed by atoms with Crippen LogP contribution in [0.1, 0.15) is 31.7 Å². The molecule has 1 aromatic rings. The summed E-state index contributed by atoms with van der Waals surface area (Å²) in [7, 11) is 0. The molecular formula is C13H21N5O. The highest BCUT2D eigenvalue weighted by Crippen LogP contribution is 2.28. The number of nitrogen functional groups attached to an aromatic ring is 1. The van der Waals surface area contributed by atoms with Crippen LogP contribution in [-0.4, -0.2) is 34.6 Å². The van der Waals surface area contributed by atoms with Crippen molar-refractivity contribution < 1.29 is 5.11 Å². The molecule has 104 valence electrons. The molecule has 2 heterocycles. The minimum atomic E-state index is 0.184. The number of aliphatic hydroxyl groups is 1. The molecule has 0 amide bonds. The lowest BCUT2D eigenvalue weighted by atomic mass is 9.99. The van der Waals surface area contributed by atoms with Crippen molar-refractivity contribution in [3.8, 4) is 6.07 Å². The van der Waals surface area contributed by atoms with E-state index in [9.17, 15) is 10.4 Å². The second kappa shape index (κ2) is 5.93. The zero-order valence-electron chi connectivity index (χ0n) is 11.3. The number of nitrogens with zero attached hydrogens (tertiary/aromatic N) is 4. The first-order chi connectivity index (χ1) is 9.21. The van der Waals surface area contributed by atoms with E-state index in [0.717, 1.165) is 38.9 Å². The molecule has 1 aromatic heterocycles. The van der Waals surface area contributed by atoms with Crippen molar-refractivity contribution in [3.05, 3.63) is 5.56 Å². The largest absolute Gasteiger partial charge is 0.396 e. The molecular weight excluding hydrogens is 242 g/mol. The van der Waals surface area contributed by atoms with Crippen molar-refractivity contribution in [3.63, 3.8) is 0 Å². The Bertz CT molecular complexity index is 476. The Kier molecular flexibility index (Phi) is 4.27. The van der Waals surface area contributed by atoms with Crippen LogP contribution in [0, 0.1) is 17.2 Å². The first-order valence-electron chi connectivity index (χ1n) is 6.83. The first kappa shape index (κ1) is 13.7. The van der Waals surface area contributed by atoms with E-state index in [-0.39, 0.29) is 12.5 Å². The number of nitrogens with two attached hydrogens (primary N) is 1. The number of hydrogen-bond acceptors (Lipinski definition) is 5. The number of aliphatic hydroxyl groups excluding tert-OH is 1. The molecule has 0 bridgehead atoms. The molecule has 0 aliphatic carbocycles. The summed E-state index contributed by atoms with van der Waals surface area (Å²) in [6, 6.07) is 2.16. The molecule has 0 aromatic carbocycles. The molecule has 1 atom stereocenters. The number of aryl methyl sites for hydroxylation is 1. The summed E-state index contributed by atoms with van der Waals surface area (Å²) in [6.45, 7) is 4.57. The monoisotopic (exact) mass is 263 g/mol. The zero-order chi connectivity index (χ0) is 13.8. The number of nitriles is 1. The van der Waals surface area contributed by atoms with Gasteiger partial charge in [-0.05, 0) is 25.2 Å². The van der Waals surface area contributed by atoms with Gasteiger partial charge in [-0.15, -0.1) is 0 Å². The lowest BCUT2D eigenvalue weighted by Gasteiger charge is -2.32. The predicted octanol–water partition coefficient (Wildman–Crippen LogP) is 0.956. The lowest BCUT2D eigenvalue weighted by molar-refractivity contribution is 0.208. The molecule has 1 unspecified atom stereocenters. The SMILES string of the molecule is CCCn1nc(N2CCCC(CO)C2)c(C#N)c1N. The third kappa shape index (κ3) is 2.66. The van der Waals surface area contributed by atoms with Crippen LogP contribution in [0.15, 0.2) is 0 Å². The summed E-state index contributed by atoms with van der Waals surface area (Å²) in [6.07, 6.45) is 2.96. The van der Waals surface area contributed by atoms with E-state index < -0.39 is 0 Å². The maximum absolute atomic E-state index is 9.28. The molecule has 0 saturated carbocycles. The van der Waals surface area contributed by atoms with Gasteiger partial charge < -0.3 is 15.7 Å². The standard InChI is InChI=1S/C13H21N5O/c1-2-5-18-12(15)11(7-14)13(16-18)17-6-3-4-10(8-17)9-19/h10,19H,2-6,8-9,15H2,1H3. The smallest absolute Gasteiger partial charge is 0.170 e. The van der Waals surface area contributed by atoms with E-state index >= 15 is 0 Å². The van der Waals surface area contributed by atoms with Gasteiger partial charge in [0.15, 0.2) is 5.82 Å². The zero-order valence-corrected chi connectivity index (χ0v) is 11.3. The van der Waals surface area contributed by atoms with E-state index in [1.165, 1.54) is 0 Å².